The van der Waals surface area contributed by atoms with Crippen LogP contribution in [0.5, 0.6) is 0 Å². The quantitative estimate of drug-likeness (QED) is 0.823. The molecule has 0 atom stereocenters. The number of amides is 1. The first-order valence-corrected chi connectivity index (χ1v) is 6.24. The van der Waals surface area contributed by atoms with Crippen molar-refractivity contribution in [2.75, 3.05) is 13.1 Å². The topological polar surface area (TPSA) is 33.5 Å². The van der Waals surface area contributed by atoms with Gasteiger partial charge in [0.25, 0.3) is 5.91 Å². The van der Waals surface area contributed by atoms with E-state index in [9.17, 15) is 18.0 Å². The van der Waals surface area contributed by atoms with Crippen molar-refractivity contribution < 1.29 is 22.4 Å². The molecule has 0 unspecified atom stereocenters. The van der Waals surface area contributed by atoms with E-state index < -0.39 is 18.6 Å². The lowest BCUT2D eigenvalue weighted by Crippen LogP contribution is -2.39. The number of halogens is 4. The Hall–Kier alpha value is -0.980. The maximum atomic E-state index is 12.4. The second-order valence-corrected chi connectivity index (χ2v) is 4.58. The van der Waals surface area contributed by atoms with Crippen molar-refractivity contribution in [1.29, 1.82) is 0 Å². The monoisotopic (exact) mass is 327 g/mol. The van der Waals surface area contributed by atoms with Crippen LogP contribution in [0.25, 0.3) is 0 Å². The van der Waals surface area contributed by atoms with Gasteiger partial charge >= 0.3 is 6.18 Å². The van der Waals surface area contributed by atoms with Crippen molar-refractivity contribution in [3.8, 4) is 0 Å². The number of hydrogen-bond acceptors (Lipinski definition) is 2. The summed E-state index contributed by atoms with van der Waals surface area (Å²) in [6.45, 7) is 0.650. The van der Waals surface area contributed by atoms with E-state index in [4.69, 9.17) is 4.42 Å². The lowest BCUT2D eigenvalue weighted by molar-refractivity contribution is -0.141. The van der Waals surface area contributed by atoms with Gasteiger partial charge in [-0.2, -0.15) is 13.2 Å². The van der Waals surface area contributed by atoms with E-state index >= 15 is 0 Å². The second kappa shape index (κ2) is 6.26. The smallest absolute Gasteiger partial charge is 0.406 e. The number of nitrogens with zero attached hydrogens (tertiary/aromatic N) is 1. The standard InChI is InChI=1S/C11H13BrF3NO2/c1-2-3-6-16(7-11(13,14)15)10(17)8-4-5-9(12)18-8/h4-5H,2-3,6-7H2,1H3. The zero-order chi connectivity index (χ0) is 13.8. The van der Waals surface area contributed by atoms with Crippen molar-refractivity contribution in [3.63, 3.8) is 0 Å². The van der Waals surface area contributed by atoms with Gasteiger partial charge in [0.2, 0.25) is 0 Å². The molecule has 7 heteroatoms. The Morgan fingerprint density at radius 1 is 1.44 bits per heavy atom. The first kappa shape index (κ1) is 15.1. The van der Waals surface area contributed by atoms with E-state index in [-0.39, 0.29) is 12.3 Å². The highest BCUT2D eigenvalue weighted by Crippen LogP contribution is 2.20. The van der Waals surface area contributed by atoms with Gasteiger partial charge in [-0.1, -0.05) is 13.3 Å². The molecule has 0 fully saturated rings. The molecule has 102 valence electrons. The van der Waals surface area contributed by atoms with Crippen molar-refractivity contribution in [2.24, 2.45) is 0 Å². The van der Waals surface area contributed by atoms with Crippen LogP contribution in [-0.2, 0) is 0 Å². The summed E-state index contributed by atoms with van der Waals surface area (Å²) in [6.07, 6.45) is -3.18. The molecule has 0 bridgehead atoms. The van der Waals surface area contributed by atoms with E-state index in [1.807, 2.05) is 6.92 Å². The van der Waals surface area contributed by atoms with Gasteiger partial charge in [0.1, 0.15) is 6.54 Å². The third kappa shape index (κ3) is 4.72. The molecular formula is C11H13BrF3NO2. The van der Waals surface area contributed by atoms with E-state index in [1.165, 1.54) is 12.1 Å². The summed E-state index contributed by atoms with van der Waals surface area (Å²) in [5.74, 6) is -0.839. The normalized spacial score (nSPS) is 11.6. The van der Waals surface area contributed by atoms with Crippen molar-refractivity contribution in [3.05, 3.63) is 22.6 Å². The van der Waals surface area contributed by atoms with Crippen LogP contribution in [0, 0.1) is 0 Å². The summed E-state index contributed by atoms with van der Waals surface area (Å²) in [5.41, 5.74) is 0. The Labute approximate surface area is 111 Å². The van der Waals surface area contributed by atoms with Crippen LogP contribution in [0.2, 0.25) is 0 Å². The molecule has 0 radical (unpaired) electrons. The minimum Gasteiger partial charge on any atom is -0.444 e. The SMILES string of the molecule is CCCCN(CC(F)(F)F)C(=O)c1ccc(Br)o1. The number of unbranched alkanes of at least 4 members (excludes halogenated alkanes) is 1. The van der Waals surface area contributed by atoms with Gasteiger partial charge in [-0.15, -0.1) is 0 Å². The average Bonchev–Trinajstić information content (AvgIpc) is 2.68. The van der Waals surface area contributed by atoms with Crippen LogP contribution in [-0.4, -0.2) is 30.1 Å². The molecule has 1 heterocycles. The van der Waals surface area contributed by atoms with Crippen LogP contribution in [0.1, 0.15) is 30.3 Å². The molecule has 0 N–H and O–H groups in total. The number of alkyl halides is 3. The summed E-state index contributed by atoms with van der Waals surface area (Å²) in [5, 5.41) is 0. The number of furan rings is 1. The molecule has 3 nitrogen and oxygen atoms in total. The summed E-state index contributed by atoms with van der Waals surface area (Å²) in [7, 11) is 0. The zero-order valence-corrected chi connectivity index (χ0v) is 11.3. The molecule has 18 heavy (non-hydrogen) atoms. The van der Waals surface area contributed by atoms with Crippen LogP contribution < -0.4 is 0 Å². The largest absolute Gasteiger partial charge is 0.444 e. The first-order chi connectivity index (χ1) is 8.33. The third-order valence-corrected chi connectivity index (χ3v) is 2.65. The lowest BCUT2D eigenvalue weighted by atomic mass is 10.3. The van der Waals surface area contributed by atoms with Crippen LogP contribution >= 0.6 is 15.9 Å². The van der Waals surface area contributed by atoms with Gasteiger partial charge in [-0.3, -0.25) is 4.79 Å². The summed E-state index contributed by atoms with van der Waals surface area (Å²) < 4.78 is 42.4. The van der Waals surface area contributed by atoms with E-state index in [0.717, 1.165) is 4.90 Å². The summed E-state index contributed by atoms with van der Waals surface area (Å²) >= 11 is 3.00. The molecule has 0 saturated carbocycles. The molecule has 0 aliphatic carbocycles. The maximum Gasteiger partial charge on any atom is 0.406 e. The predicted molar refractivity (Wildman–Crippen MR) is 63.3 cm³/mol. The zero-order valence-electron chi connectivity index (χ0n) is 9.76. The molecule has 1 amide bonds. The van der Waals surface area contributed by atoms with Crippen molar-refractivity contribution >= 4 is 21.8 Å². The summed E-state index contributed by atoms with van der Waals surface area (Å²) in [4.78, 5) is 12.6. The van der Waals surface area contributed by atoms with Gasteiger partial charge in [0, 0.05) is 6.54 Å². The average molecular weight is 328 g/mol. The van der Waals surface area contributed by atoms with E-state index in [1.54, 1.807) is 0 Å². The number of carbonyl (C=O) groups excluding carboxylic acids is 1. The van der Waals surface area contributed by atoms with Crippen molar-refractivity contribution in [1.82, 2.24) is 4.90 Å². The van der Waals surface area contributed by atoms with E-state index in [2.05, 4.69) is 15.9 Å². The fourth-order valence-corrected chi connectivity index (χ4v) is 1.71. The Kier molecular flexibility index (Phi) is 5.25. The fraction of sp³-hybridized carbons (Fsp3) is 0.545. The van der Waals surface area contributed by atoms with Gasteiger partial charge in [-0.25, -0.2) is 0 Å². The number of rotatable bonds is 5. The maximum absolute atomic E-state index is 12.4. The third-order valence-electron chi connectivity index (χ3n) is 2.22. The molecule has 0 saturated heterocycles. The highest BCUT2D eigenvalue weighted by atomic mass is 79.9. The molecule has 1 aromatic heterocycles. The molecule has 0 aliphatic heterocycles. The first-order valence-electron chi connectivity index (χ1n) is 5.45. The van der Waals surface area contributed by atoms with Gasteiger partial charge in [0.05, 0.1) is 0 Å². The summed E-state index contributed by atoms with van der Waals surface area (Å²) in [6, 6.07) is 2.82. The Morgan fingerprint density at radius 2 is 2.11 bits per heavy atom. The van der Waals surface area contributed by atoms with Gasteiger partial charge < -0.3 is 9.32 Å². The predicted octanol–water partition coefficient (Wildman–Crippen LogP) is 3.85. The molecule has 1 rings (SSSR count). The van der Waals surface area contributed by atoms with Crippen LogP contribution in [0.15, 0.2) is 21.2 Å². The minimum absolute atomic E-state index is 0.0627. The highest BCUT2D eigenvalue weighted by Gasteiger charge is 2.33. The lowest BCUT2D eigenvalue weighted by Gasteiger charge is -2.22. The molecule has 1 aromatic rings. The fourth-order valence-electron chi connectivity index (χ4n) is 1.40. The Balaban J connectivity index is 2.78. The molecule has 0 aromatic carbocycles. The molecule has 0 aliphatic rings. The molecule has 0 spiro atoms. The van der Waals surface area contributed by atoms with Crippen LogP contribution in [0.4, 0.5) is 13.2 Å². The van der Waals surface area contributed by atoms with Crippen LogP contribution in [0.3, 0.4) is 0 Å². The minimum atomic E-state index is -4.41. The van der Waals surface area contributed by atoms with Gasteiger partial charge in [-0.05, 0) is 34.5 Å². The number of hydrogen-bond donors (Lipinski definition) is 0. The Morgan fingerprint density at radius 3 is 2.56 bits per heavy atom. The Bertz CT molecular complexity index is 403. The van der Waals surface area contributed by atoms with Crippen molar-refractivity contribution in [2.45, 2.75) is 25.9 Å². The second-order valence-electron chi connectivity index (χ2n) is 3.80. The van der Waals surface area contributed by atoms with E-state index in [0.29, 0.717) is 17.5 Å². The molecular weight excluding hydrogens is 315 g/mol. The van der Waals surface area contributed by atoms with Gasteiger partial charge in [0.15, 0.2) is 10.4 Å². The highest BCUT2D eigenvalue weighted by molar-refractivity contribution is 9.10. The number of carbonyl (C=O) groups is 1.